The molecule has 0 N–H and O–H groups in total. The molecule has 1 heterocycles. The number of hydrogen-bond acceptors (Lipinski definition) is 4. The number of aromatic nitrogens is 1. The van der Waals surface area contributed by atoms with Crippen LogP contribution in [0.2, 0.25) is 5.02 Å². The molecule has 0 atom stereocenters. The average Bonchev–Trinajstić information content (AvgIpc) is 2.50. The summed E-state index contributed by atoms with van der Waals surface area (Å²) < 4.78 is 5.89. The number of aliphatic imine (C=N–C) groups is 1. The van der Waals surface area contributed by atoms with Crippen LogP contribution in [0.5, 0.6) is 11.6 Å². The number of rotatable bonds is 5. The Morgan fingerprint density at radius 3 is 2.30 bits per heavy atom. The summed E-state index contributed by atoms with van der Waals surface area (Å²) in [6, 6.07) is 9.12. The van der Waals surface area contributed by atoms with E-state index < -0.39 is 0 Å². The Kier molecular flexibility index (Phi) is 5.89. The van der Waals surface area contributed by atoms with E-state index in [2.05, 4.69) is 42.8 Å². The van der Waals surface area contributed by atoms with E-state index in [0.29, 0.717) is 16.7 Å². The van der Waals surface area contributed by atoms with Crippen molar-refractivity contribution in [2.75, 3.05) is 0 Å². The SMILES string of the molecule is CC(C)c1cc(Oc2ccc(Cl)cc2)nc(C(C)C)c1N=C=S. The van der Waals surface area contributed by atoms with Gasteiger partial charge in [-0.3, -0.25) is 0 Å². The Morgan fingerprint density at radius 1 is 1.13 bits per heavy atom. The van der Waals surface area contributed by atoms with Crippen LogP contribution in [0.4, 0.5) is 5.69 Å². The molecule has 0 bridgehead atoms. The maximum absolute atomic E-state index is 5.90. The highest BCUT2D eigenvalue weighted by Gasteiger charge is 2.18. The number of nitrogens with zero attached hydrogens (tertiary/aromatic N) is 2. The van der Waals surface area contributed by atoms with Crippen LogP contribution in [-0.2, 0) is 0 Å². The number of ether oxygens (including phenoxy) is 1. The van der Waals surface area contributed by atoms with Gasteiger partial charge in [0.2, 0.25) is 5.88 Å². The van der Waals surface area contributed by atoms with Gasteiger partial charge < -0.3 is 4.74 Å². The number of hydrogen-bond donors (Lipinski definition) is 0. The van der Waals surface area contributed by atoms with Gasteiger partial charge in [-0.15, -0.1) is 0 Å². The summed E-state index contributed by atoms with van der Waals surface area (Å²) in [6.45, 7) is 8.35. The van der Waals surface area contributed by atoms with Crippen LogP contribution in [0.3, 0.4) is 0 Å². The first kappa shape index (κ1) is 17.6. The molecule has 0 unspecified atom stereocenters. The third-order valence-electron chi connectivity index (χ3n) is 3.39. The molecule has 2 aromatic rings. The van der Waals surface area contributed by atoms with Crippen LogP contribution in [0.15, 0.2) is 35.3 Å². The molecule has 0 radical (unpaired) electrons. The molecule has 0 fully saturated rings. The predicted octanol–water partition coefficient (Wildman–Crippen LogP) is 6.51. The molecule has 0 saturated carbocycles. The van der Waals surface area contributed by atoms with Crippen molar-refractivity contribution in [3.8, 4) is 11.6 Å². The monoisotopic (exact) mass is 346 g/mol. The van der Waals surface area contributed by atoms with Gasteiger partial charge in [0.15, 0.2) is 0 Å². The standard InChI is InChI=1S/C18H19ClN2OS/c1-11(2)15-9-16(22-14-7-5-13(19)6-8-14)21-17(12(3)4)18(15)20-10-23/h5-9,11-12H,1-4H3. The summed E-state index contributed by atoms with van der Waals surface area (Å²) in [5.74, 6) is 1.70. The topological polar surface area (TPSA) is 34.5 Å². The predicted molar refractivity (Wildman–Crippen MR) is 98.6 cm³/mol. The van der Waals surface area contributed by atoms with Gasteiger partial charge in [0, 0.05) is 11.1 Å². The van der Waals surface area contributed by atoms with Crippen LogP contribution in [0, 0.1) is 0 Å². The molecule has 0 amide bonds. The van der Waals surface area contributed by atoms with Gasteiger partial charge in [-0.05, 0) is 53.9 Å². The molecule has 0 aliphatic rings. The van der Waals surface area contributed by atoms with Gasteiger partial charge in [-0.25, -0.2) is 4.98 Å². The smallest absolute Gasteiger partial charge is 0.219 e. The molecule has 23 heavy (non-hydrogen) atoms. The van der Waals surface area contributed by atoms with Crippen molar-refractivity contribution >= 4 is 34.7 Å². The fraction of sp³-hybridized carbons (Fsp3) is 0.333. The molecule has 1 aromatic heterocycles. The maximum Gasteiger partial charge on any atom is 0.219 e. The number of halogens is 1. The highest BCUT2D eigenvalue weighted by molar-refractivity contribution is 7.78. The van der Waals surface area contributed by atoms with Gasteiger partial charge in [-0.2, -0.15) is 4.99 Å². The van der Waals surface area contributed by atoms with E-state index in [1.165, 1.54) is 0 Å². The number of benzene rings is 1. The lowest BCUT2D eigenvalue weighted by Gasteiger charge is -2.17. The van der Waals surface area contributed by atoms with Crippen molar-refractivity contribution in [2.45, 2.75) is 39.5 Å². The average molecular weight is 347 g/mol. The maximum atomic E-state index is 5.90. The lowest BCUT2D eigenvalue weighted by Crippen LogP contribution is -2.01. The minimum atomic E-state index is 0.198. The normalized spacial score (nSPS) is 10.7. The summed E-state index contributed by atoms with van der Waals surface area (Å²) in [5, 5.41) is 3.13. The zero-order chi connectivity index (χ0) is 17.0. The molecule has 1 aromatic carbocycles. The van der Waals surface area contributed by atoms with Gasteiger partial charge in [0.25, 0.3) is 0 Å². The van der Waals surface area contributed by atoms with Crippen LogP contribution in [-0.4, -0.2) is 10.1 Å². The lowest BCUT2D eigenvalue weighted by molar-refractivity contribution is 0.458. The molecule has 0 aliphatic carbocycles. The fourth-order valence-electron chi connectivity index (χ4n) is 2.24. The van der Waals surface area contributed by atoms with Crippen LogP contribution in [0.1, 0.15) is 50.8 Å². The molecule has 3 nitrogen and oxygen atoms in total. The second-order valence-corrected chi connectivity index (χ2v) is 6.47. The second-order valence-electron chi connectivity index (χ2n) is 5.85. The second kappa shape index (κ2) is 7.69. The summed E-state index contributed by atoms with van der Waals surface area (Å²) in [4.78, 5) is 8.85. The van der Waals surface area contributed by atoms with Gasteiger partial charge in [0.1, 0.15) is 5.75 Å². The van der Waals surface area contributed by atoms with Crippen molar-refractivity contribution in [3.63, 3.8) is 0 Å². The van der Waals surface area contributed by atoms with E-state index in [0.717, 1.165) is 16.9 Å². The molecule has 0 aliphatic heterocycles. The third-order valence-corrected chi connectivity index (χ3v) is 3.73. The Balaban J connectivity index is 2.52. The van der Waals surface area contributed by atoms with Crippen LogP contribution in [0.25, 0.3) is 0 Å². The Labute approximate surface area is 147 Å². The van der Waals surface area contributed by atoms with E-state index >= 15 is 0 Å². The Hall–Kier alpha value is -1.74. The van der Waals surface area contributed by atoms with E-state index in [1.807, 2.05) is 18.2 Å². The number of pyridine rings is 1. The van der Waals surface area contributed by atoms with E-state index in [-0.39, 0.29) is 11.8 Å². The summed E-state index contributed by atoms with van der Waals surface area (Å²) in [6.07, 6.45) is 0. The van der Waals surface area contributed by atoms with Gasteiger partial charge in [-0.1, -0.05) is 39.3 Å². The van der Waals surface area contributed by atoms with Crippen molar-refractivity contribution in [1.29, 1.82) is 0 Å². The molecule has 2 rings (SSSR count). The quantitative estimate of drug-likeness (QED) is 0.457. The molecule has 5 heteroatoms. The van der Waals surface area contributed by atoms with Crippen molar-refractivity contribution in [3.05, 3.63) is 46.6 Å². The van der Waals surface area contributed by atoms with Crippen LogP contribution < -0.4 is 4.74 Å². The first-order chi connectivity index (χ1) is 10.9. The minimum Gasteiger partial charge on any atom is -0.439 e. The Bertz CT molecular complexity index is 706. The fourth-order valence-corrected chi connectivity index (χ4v) is 2.46. The first-order valence-electron chi connectivity index (χ1n) is 7.48. The molecule has 120 valence electrons. The Morgan fingerprint density at radius 2 is 1.78 bits per heavy atom. The summed E-state index contributed by atoms with van der Waals surface area (Å²) in [5.41, 5.74) is 2.70. The first-order valence-corrected chi connectivity index (χ1v) is 8.27. The van der Waals surface area contributed by atoms with Crippen molar-refractivity contribution < 1.29 is 4.74 Å². The van der Waals surface area contributed by atoms with Crippen LogP contribution >= 0.6 is 23.8 Å². The van der Waals surface area contributed by atoms with E-state index in [1.54, 1.807) is 12.1 Å². The van der Waals surface area contributed by atoms with Crippen molar-refractivity contribution in [2.24, 2.45) is 4.99 Å². The minimum absolute atomic E-state index is 0.198. The lowest BCUT2D eigenvalue weighted by atomic mass is 9.97. The van der Waals surface area contributed by atoms with E-state index in [9.17, 15) is 0 Å². The highest BCUT2D eigenvalue weighted by Crippen LogP contribution is 2.37. The zero-order valence-corrected chi connectivity index (χ0v) is 15.2. The summed E-state index contributed by atoms with van der Waals surface area (Å²) in [7, 11) is 0. The number of thiocarbonyl (C=S) groups is 1. The third kappa shape index (κ3) is 4.38. The van der Waals surface area contributed by atoms with E-state index in [4.69, 9.17) is 28.6 Å². The molecular formula is C18H19ClN2OS. The van der Waals surface area contributed by atoms with Gasteiger partial charge in [0.05, 0.1) is 16.5 Å². The zero-order valence-electron chi connectivity index (χ0n) is 13.6. The van der Waals surface area contributed by atoms with Gasteiger partial charge >= 0.3 is 0 Å². The number of isothiocyanates is 1. The highest BCUT2D eigenvalue weighted by atomic mass is 35.5. The summed E-state index contributed by atoms with van der Waals surface area (Å²) >= 11 is 10.7. The molecular weight excluding hydrogens is 328 g/mol. The van der Waals surface area contributed by atoms with Crippen molar-refractivity contribution in [1.82, 2.24) is 4.98 Å². The molecule has 0 spiro atoms. The largest absolute Gasteiger partial charge is 0.439 e. The molecule has 0 saturated heterocycles.